The van der Waals surface area contributed by atoms with Gasteiger partial charge in [-0.15, -0.1) is 16.9 Å². The van der Waals surface area contributed by atoms with Crippen molar-refractivity contribution in [2.75, 3.05) is 30.2 Å². The Kier molecular flexibility index (Phi) is 6.21. The lowest BCUT2D eigenvalue weighted by molar-refractivity contribution is -0.119. The van der Waals surface area contributed by atoms with Gasteiger partial charge >= 0.3 is 6.09 Å². The maximum atomic E-state index is 12.7. The molecule has 0 bridgehead atoms. The van der Waals surface area contributed by atoms with Crippen molar-refractivity contribution in [1.82, 2.24) is 24.5 Å². The Morgan fingerprint density at radius 3 is 2.94 bits per heavy atom. The van der Waals surface area contributed by atoms with Crippen molar-refractivity contribution in [3.8, 4) is 17.0 Å². The normalized spacial score (nSPS) is 15.8. The van der Waals surface area contributed by atoms with Gasteiger partial charge in [0, 0.05) is 29.3 Å². The zero-order valence-corrected chi connectivity index (χ0v) is 18.0. The van der Waals surface area contributed by atoms with Crippen LogP contribution in [0.1, 0.15) is 13.8 Å². The zero-order valence-electron chi connectivity index (χ0n) is 17.1. The second kappa shape index (κ2) is 9.21. The molecule has 0 aliphatic carbocycles. The summed E-state index contributed by atoms with van der Waals surface area (Å²) in [6.07, 6.45) is 2.98. The molecule has 0 saturated carbocycles. The van der Waals surface area contributed by atoms with E-state index in [2.05, 4.69) is 20.4 Å². The minimum Gasteiger partial charge on any atom is -0.478 e. The van der Waals surface area contributed by atoms with Crippen LogP contribution in [-0.2, 0) is 9.53 Å². The molecule has 3 aromatic heterocycles. The molecule has 0 radical (unpaired) electrons. The van der Waals surface area contributed by atoms with E-state index in [0.717, 1.165) is 11.1 Å². The van der Waals surface area contributed by atoms with Crippen molar-refractivity contribution in [3.63, 3.8) is 0 Å². The standard InChI is InChI=1S/C20H22N6O4S/c1-3-29-18-14(6-5-9-21-18)13-7-8-16-22-19(24-26(16)10-13)23-17(27)15-11-31-12-25(15)20(28)30-4-2/h5-10,15H,3-4,11-12H2,1-2H3,(H,23,24,27)/t15-/m1/s1. The Bertz CT molecular complexity index is 1100. The van der Waals surface area contributed by atoms with E-state index in [0.29, 0.717) is 29.8 Å². The van der Waals surface area contributed by atoms with Gasteiger partial charge in [0.25, 0.3) is 5.91 Å². The summed E-state index contributed by atoms with van der Waals surface area (Å²) in [7, 11) is 0. The fraction of sp³-hybridized carbons (Fsp3) is 0.350. The van der Waals surface area contributed by atoms with Crippen molar-refractivity contribution in [2.45, 2.75) is 19.9 Å². The fourth-order valence-electron chi connectivity index (χ4n) is 3.20. The number of carbonyl (C=O) groups excluding carboxylic acids is 2. The number of fused-ring (bicyclic) bond motifs is 1. The SMILES string of the molecule is CCOC(=O)N1CSC[C@@H]1C(=O)Nc1nc2ccc(-c3cccnc3OCC)cn2n1. The molecule has 0 aromatic carbocycles. The number of amides is 2. The Hall–Kier alpha value is -3.34. The summed E-state index contributed by atoms with van der Waals surface area (Å²) in [6.45, 7) is 4.40. The zero-order chi connectivity index (χ0) is 21.8. The van der Waals surface area contributed by atoms with E-state index in [1.165, 1.54) is 16.7 Å². The van der Waals surface area contributed by atoms with Gasteiger partial charge in [-0.25, -0.2) is 14.3 Å². The minimum absolute atomic E-state index is 0.166. The van der Waals surface area contributed by atoms with E-state index in [1.807, 2.05) is 25.1 Å². The molecule has 1 N–H and O–H groups in total. The first-order valence-corrected chi connectivity index (χ1v) is 11.0. The Balaban J connectivity index is 1.54. The van der Waals surface area contributed by atoms with Gasteiger partial charge in [-0.1, -0.05) is 0 Å². The van der Waals surface area contributed by atoms with Crippen molar-refractivity contribution < 1.29 is 19.1 Å². The molecule has 11 heteroatoms. The first-order chi connectivity index (χ1) is 15.1. The van der Waals surface area contributed by atoms with E-state index in [9.17, 15) is 9.59 Å². The summed E-state index contributed by atoms with van der Waals surface area (Å²) >= 11 is 1.49. The van der Waals surface area contributed by atoms with Crippen LogP contribution in [0.4, 0.5) is 10.7 Å². The minimum atomic E-state index is -0.629. The highest BCUT2D eigenvalue weighted by Gasteiger charge is 2.36. The van der Waals surface area contributed by atoms with Gasteiger partial charge in [0.2, 0.25) is 11.8 Å². The van der Waals surface area contributed by atoms with Gasteiger partial charge in [0.05, 0.1) is 19.1 Å². The third-order valence-corrected chi connectivity index (χ3v) is 5.63. The Morgan fingerprint density at radius 1 is 1.26 bits per heavy atom. The molecule has 4 heterocycles. The molecule has 1 aliphatic heterocycles. The molecule has 1 aliphatic rings. The van der Waals surface area contributed by atoms with Crippen LogP contribution < -0.4 is 10.1 Å². The van der Waals surface area contributed by atoms with Crippen LogP contribution in [-0.4, -0.2) is 67.4 Å². The Morgan fingerprint density at radius 2 is 2.13 bits per heavy atom. The number of nitrogens with one attached hydrogen (secondary N) is 1. The first-order valence-electron chi connectivity index (χ1n) is 9.87. The highest BCUT2D eigenvalue weighted by molar-refractivity contribution is 7.99. The van der Waals surface area contributed by atoms with Gasteiger partial charge < -0.3 is 9.47 Å². The van der Waals surface area contributed by atoms with Crippen LogP contribution in [0.2, 0.25) is 0 Å². The number of aromatic nitrogens is 4. The molecule has 1 saturated heterocycles. The van der Waals surface area contributed by atoms with Crippen molar-refractivity contribution in [3.05, 3.63) is 36.7 Å². The third kappa shape index (κ3) is 4.41. The second-order valence-corrected chi connectivity index (χ2v) is 7.62. The highest BCUT2D eigenvalue weighted by Crippen LogP contribution is 2.28. The number of anilines is 1. The molecule has 2 amide bonds. The maximum absolute atomic E-state index is 12.7. The summed E-state index contributed by atoms with van der Waals surface area (Å²) in [5, 5.41) is 7.07. The summed E-state index contributed by atoms with van der Waals surface area (Å²) in [4.78, 5) is 34.8. The molecule has 3 aromatic rings. The smallest absolute Gasteiger partial charge is 0.411 e. The number of rotatable bonds is 6. The molecule has 10 nitrogen and oxygen atoms in total. The van der Waals surface area contributed by atoms with E-state index in [1.54, 1.807) is 29.9 Å². The summed E-state index contributed by atoms with van der Waals surface area (Å²) in [6, 6.07) is 6.82. The van der Waals surface area contributed by atoms with Crippen LogP contribution in [0.3, 0.4) is 0 Å². The van der Waals surface area contributed by atoms with E-state index < -0.39 is 12.1 Å². The Labute approximate surface area is 182 Å². The van der Waals surface area contributed by atoms with Gasteiger partial charge in [0.1, 0.15) is 6.04 Å². The molecule has 1 fully saturated rings. The van der Waals surface area contributed by atoms with E-state index >= 15 is 0 Å². The predicted octanol–water partition coefficient (Wildman–Crippen LogP) is 2.66. The number of pyridine rings is 2. The molecule has 0 spiro atoms. The van der Waals surface area contributed by atoms with Crippen molar-refractivity contribution in [1.29, 1.82) is 0 Å². The van der Waals surface area contributed by atoms with Gasteiger partial charge in [0.15, 0.2) is 5.65 Å². The molecular formula is C20H22N6O4S. The van der Waals surface area contributed by atoms with Crippen LogP contribution in [0, 0.1) is 0 Å². The molecular weight excluding hydrogens is 420 g/mol. The van der Waals surface area contributed by atoms with Gasteiger partial charge in [-0.2, -0.15) is 4.98 Å². The van der Waals surface area contributed by atoms with Crippen LogP contribution in [0.5, 0.6) is 5.88 Å². The quantitative estimate of drug-likeness (QED) is 0.620. The molecule has 31 heavy (non-hydrogen) atoms. The number of hydrogen-bond acceptors (Lipinski definition) is 8. The lowest BCUT2D eigenvalue weighted by Crippen LogP contribution is -2.44. The number of carbonyl (C=O) groups is 2. The molecule has 1 atom stereocenters. The molecule has 162 valence electrons. The summed E-state index contributed by atoms with van der Waals surface area (Å²) < 4.78 is 12.2. The number of thioether (sulfide) groups is 1. The predicted molar refractivity (Wildman–Crippen MR) is 116 cm³/mol. The lowest BCUT2D eigenvalue weighted by atomic mass is 10.1. The average Bonchev–Trinajstić information content (AvgIpc) is 3.41. The summed E-state index contributed by atoms with van der Waals surface area (Å²) in [5.74, 6) is 1.25. The van der Waals surface area contributed by atoms with Gasteiger partial charge in [-0.05, 0) is 38.1 Å². The number of ether oxygens (including phenoxy) is 2. The largest absolute Gasteiger partial charge is 0.478 e. The van der Waals surface area contributed by atoms with E-state index in [4.69, 9.17) is 9.47 Å². The molecule has 4 rings (SSSR count). The second-order valence-electron chi connectivity index (χ2n) is 6.62. The van der Waals surface area contributed by atoms with Crippen LogP contribution in [0.25, 0.3) is 16.8 Å². The van der Waals surface area contributed by atoms with Gasteiger partial charge in [-0.3, -0.25) is 15.0 Å². The molecule has 0 unspecified atom stereocenters. The van der Waals surface area contributed by atoms with E-state index in [-0.39, 0.29) is 18.5 Å². The average molecular weight is 443 g/mol. The van der Waals surface area contributed by atoms with Crippen molar-refractivity contribution in [2.24, 2.45) is 0 Å². The number of nitrogens with zero attached hydrogens (tertiary/aromatic N) is 5. The van der Waals surface area contributed by atoms with Crippen LogP contribution >= 0.6 is 11.8 Å². The highest BCUT2D eigenvalue weighted by atomic mass is 32.2. The number of hydrogen-bond donors (Lipinski definition) is 1. The van der Waals surface area contributed by atoms with Crippen molar-refractivity contribution >= 4 is 35.4 Å². The lowest BCUT2D eigenvalue weighted by Gasteiger charge is -2.21. The maximum Gasteiger partial charge on any atom is 0.411 e. The fourth-order valence-corrected chi connectivity index (χ4v) is 4.34. The first kappa shape index (κ1) is 20.9. The third-order valence-electron chi connectivity index (χ3n) is 4.62. The monoisotopic (exact) mass is 442 g/mol. The summed E-state index contributed by atoms with van der Waals surface area (Å²) in [5.41, 5.74) is 2.26. The van der Waals surface area contributed by atoms with Crippen LogP contribution in [0.15, 0.2) is 36.7 Å². The topological polar surface area (TPSA) is 111 Å².